The molecular weight excluding hydrogens is 985 g/mol. The molecule has 0 saturated heterocycles. The Morgan fingerprint density at radius 3 is 1.60 bits per heavy atom. The van der Waals surface area contributed by atoms with Gasteiger partial charge in [-0.05, 0) is 176 Å². The van der Waals surface area contributed by atoms with Crippen LogP contribution in [0.5, 0.6) is 0 Å². The van der Waals surface area contributed by atoms with Crippen LogP contribution in [0.15, 0.2) is 35.4 Å². The van der Waals surface area contributed by atoms with E-state index in [-0.39, 0.29) is 27.9 Å². The average molecular weight is 1080 g/mol. The van der Waals surface area contributed by atoms with E-state index < -0.39 is 11.9 Å². The van der Waals surface area contributed by atoms with Gasteiger partial charge in [-0.25, -0.2) is 9.59 Å². The van der Waals surface area contributed by atoms with Crippen molar-refractivity contribution in [1.29, 1.82) is 0 Å². The number of aromatic carboxylic acids is 2. The first kappa shape index (κ1) is 65.0. The number of carbonyl (C=O) groups is 4. The molecule has 2 fully saturated rings. The largest absolute Gasteiger partial charge is 0.477 e. The fourth-order valence-corrected chi connectivity index (χ4v) is 11.1. The molecule has 12 nitrogen and oxygen atoms in total. The molecule has 2 aromatic heterocycles. The van der Waals surface area contributed by atoms with Gasteiger partial charge in [0.25, 0.3) is 0 Å². The lowest BCUT2D eigenvalue weighted by atomic mass is 9.90. The van der Waals surface area contributed by atoms with Crippen LogP contribution in [0.25, 0.3) is 0 Å². The van der Waals surface area contributed by atoms with Crippen molar-refractivity contribution in [3.05, 3.63) is 54.9 Å². The summed E-state index contributed by atoms with van der Waals surface area (Å²) < 4.78 is 21.9. The third kappa shape index (κ3) is 24.7. The molecule has 2 atom stereocenters. The van der Waals surface area contributed by atoms with Crippen molar-refractivity contribution < 1.29 is 48.3 Å². The molecule has 4 aliphatic carbocycles. The van der Waals surface area contributed by atoms with E-state index in [4.69, 9.17) is 18.9 Å². The number of carbonyl (C=O) groups excluding carboxylic acids is 2. The molecule has 1 amide bonds. The van der Waals surface area contributed by atoms with Crippen LogP contribution < -0.4 is 9.80 Å². The van der Waals surface area contributed by atoms with Crippen LogP contribution in [-0.2, 0) is 28.5 Å². The molecule has 2 heterocycles. The van der Waals surface area contributed by atoms with Crippen LogP contribution in [0.2, 0.25) is 0 Å². The maximum Gasteiger partial charge on any atom is 0.348 e. The van der Waals surface area contributed by atoms with Crippen molar-refractivity contribution in [3.63, 3.8) is 0 Å². The number of nitrogens with zero attached hydrogens (tertiary/aromatic N) is 2. The van der Waals surface area contributed by atoms with Crippen LogP contribution in [-0.4, -0.2) is 107 Å². The molecule has 0 bridgehead atoms. The summed E-state index contributed by atoms with van der Waals surface area (Å²) in [6.07, 6.45) is 24.4. The molecule has 4 aliphatic rings. The van der Waals surface area contributed by atoms with Crippen LogP contribution in [0.4, 0.5) is 11.4 Å². The Morgan fingerprint density at radius 2 is 1.21 bits per heavy atom. The Kier molecular flexibility index (Phi) is 29.3. The second-order valence-electron chi connectivity index (χ2n) is 22.5. The normalized spacial score (nSPS) is 21.4. The van der Waals surface area contributed by atoms with E-state index >= 15 is 0 Å². The first-order chi connectivity index (χ1) is 35.6. The van der Waals surface area contributed by atoms with Crippen LogP contribution >= 0.6 is 22.7 Å². The van der Waals surface area contributed by atoms with E-state index in [2.05, 4.69) is 82.3 Å². The zero-order valence-electron chi connectivity index (χ0n) is 47.6. The van der Waals surface area contributed by atoms with Crippen LogP contribution in [0, 0.1) is 46.3 Å². The van der Waals surface area contributed by atoms with Gasteiger partial charge in [-0.2, -0.15) is 0 Å². The van der Waals surface area contributed by atoms with Crippen molar-refractivity contribution >= 4 is 58.7 Å². The summed E-state index contributed by atoms with van der Waals surface area (Å²) in [6, 6.07) is 3.96. The van der Waals surface area contributed by atoms with Gasteiger partial charge in [0.1, 0.15) is 16.0 Å². The van der Waals surface area contributed by atoms with E-state index in [9.17, 15) is 29.4 Å². The standard InChI is InChI=1S/C22H31NO5S.C22H33NO4S.C9H14O.C8H14/c1-22(2,3)11-10-18-14-19(20(29-18)21(25)26)23(15-24)16-6-8-17(9-7-16)28-13-5-12-27-4;1-22(2,3)12-11-18-15-19(20(28-18)21(24)25)23(4)16-7-9-17(10-8-16)27-14-6-13-26-5;1-2-8-3-5-9(7-10)6-4-8;1-7-4-3-5-8(2)6-7/h14-17H,5-9,12-13H2,1-4H3,(H,25,26);15-17H,6-10,13-14H2,1-5H3,(H,24,25);3,7,9H,2,4-6H2,1H3;4,8H,3,5-6H2,1-2H3. The molecule has 0 radical (unpaired) electrons. The van der Waals surface area contributed by atoms with Gasteiger partial charge >= 0.3 is 11.9 Å². The highest BCUT2D eigenvalue weighted by Crippen LogP contribution is 2.37. The monoisotopic (exact) mass is 1080 g/mol. The number of methoxy groups -OCH3 is 2. The minimum atomic E-state index is -1.03. The molecule has 2 unspecified atom stereocenters. The lowest BCUT2D eigenvalue weighted by Crippen LogP contribution is -2.39. The summed E-state index contributed by atoms with van der Waals surface area (Å²) in [5.74, 6) is 11.9. The predicted molar refractivity (Wildman–Crippen MR) is 308 cm³/mol. The van der Waals surface area contributed by atoms with Gasteiger partial charge in [0, 0.05) is 76.5 Å². The second-order valence-corrected chi connectivity index (χ2v) is 24.6. The van der Waals surface area contributed by atoms with E-state index in [0.717, 1.165) is 144 Å². The summed E-state index contributed by atoms with van der Waals surface area (Å²) in [5, 5.41) is 19.3. The highest BCUT2D eigenvalue weighted by atomic mass is 32.1. The molecule has 0 spiro atoms. The molecule has 0 aromatic carbocycles. The Bertz CT molecular complexity index is 2240. The zero-order valence-corrected chi connectivity index (χ0v) is 49.3. The van der Waals surface area contributed by atoms with Gasteiger partial charge in [-0.3, -0.25) is 4.79 Å². The lowest BCUT2D eigenvalue weighted by Gasteiger charge is -2.35. The van der Waals surface area contributed by atoms with Crippen molar-refractivity contribution in [2.24, 2.45) is 22.7 Å². The van der Waals surface area contributed by atoms with Crippen LogP contribution in [0.3, 0.4) is 0 Å². The lowest BCUT2D eigenvalue weighted by molar-refractivity contribution is -0.111. The van der Waals surface area contributed by atoms with Crippen molar-refractivity contribution in [2.75, 3.05) is 57.5 Å². The summed E-state index contributed by atoms with van der Waals surface area (Å²) in [7, 11) is 5.38. The third-order valence-electron chi connectivity index (χ3n) is 13.6. The molecule has 2 aromatic rings. The Balaban J connectivity index is 0.000000297. The summed E-state index contributed by atoms with van der Waals surface area (Å²) in [5.41, 5.74) is 4.04. The molecule has 2 N–H and O–H groups in total. The molecule has 418 valence electrons. The number of ether oxygens (including phenoxy) is 4. The molecule has 6 rings (SSSR count). The summed E-state index contributed by atoms with van der Waals surface area (Å²) in [4.78, 5) is 51.4. The molecule has 75 heavy (non-hydrogen) atoms. The Hall–Kier alpha value is -4.28. The SMILES string of the molecule is CC1=CCCC(C)C1.CCC1=CCC(C=O)CC1.COCCCOC1CCC(N(C)c2cc(C#CC(C)(C)C)sc2C(=O)O)CC1.COCCCOC1CCC(N(C=O)c2cc(C#CC(C)(C)C)sc2C(=O)O)CC1. The van der Waals surface area contributed by atoms with E-state index in [1.165, 1.54) is 36.2 Å². The van der Waals surface area contributed by atoms with Gasteiger partial charge in [-0.1, -0.05) is 60.8 Å². The van der Waals surface area contributed by atoms with Gasteiger partial charge < -0.3 is 43.8 Å². The number of hydrogen-bond donors (Lipinski definition) is 2. The summed E-state index contributed by atoms with van der Waals surface area (Å²) >= 11 is 2.39. The number of thiophene rings is 2. The highest BCUT2D eigenvalue weighted by molar-refractivity contribution is 7.15. The maximum absolute atomic E-state index is 11.9. The van der Waals surface area contributed by atoms with E-state index in [1.54, 1.807) is 30.8 Å². The fraction of sp³-hybridized carbons (Fsp3) is 0.672. The minimum Gasteiger partial charge on any atom is -0.477 e. The number of allylic oxidation sites excluding steroid dienone is 4. The van der Waals surface area contributed by atoms with E-state index in [0.29, 0.717) is 46.7 Å². The van der Waals surface area contributed by atoms with Crippen LogP contribution in [0.1, 0.15) is 201 Å². The van der Waals surface area contributed by atoms with Crippen molar-refractivity contribution in [1.82, 2.24) is 0 Å². The van der Waals surface area contributed by atoms with Gasteiger partial charge in [0.05, 0.1) is 33.3 Å². The highest BCUT2D eigenvalue weighted by Gasteiger charge is 2.31. The Morgan fingerprint density at radius 1 is 0.720 bits per heavy atom. The first-order valence-corrected chi connectivity index (χ1v) is 29.0. The average Bonchev–Trinajstić information content (AvgIpc) is 4.02. The number of carboxylic acid groups (broad SMARTS) is 2. The van der Waals surface area contributed by atoms with Crippen molar-refractivity contribution in [3.8, 4) is 23.7 Å². The topological polar surface area (TPSA) is 152 Å². The number of anilines is 2. The number of aldehydes is 1. The van der Waals surface area contributed by atoms with Gasteiger partial charge in [0.15, 0.2) is 0 Å². The molecule has 14 heteroatoms. The third-order valence-corrected chi connectivity index (χ3v) is 15.7. The number of rotatable bonds is 19. The Labute approximate surface area is 459 Å². The number of hydrogen-bond acceptors (Lipinski definition) is 11. The molecular formula is C61H92N2O10S2. The van der Waals surface area contributed by atoms with Gasteiger partial charge in [-0.15, -0.1) is 22.7 Å². The molecule has 0 aliphatic heterocycles. The van der Waals surface area contributed by atoms with Gasteiger partial charge in [0.2, 0.25) is 6.41 Å². The predicted octanol–water partition coefficient (Wildman–Crippen LogP) is 13.9. The first-order valence-electron chi connectivity index (χ1n) is 27.4. The fourth-order valence-electron chi connectivity index (χ4n) is 9.38. The smallest absolute Gasteiger partial charge is 0.348 e. The number of amides is 1. The quantitative estimate of drug-likeness (QED) is 0.0598. The van der Waals surface area contributed by atoms with Crippen molar-refractivity contribution in [2.45, 2.75) is 196 Å². The van der Waals surface area contributed by atoms with E-state index in [1.807, 2.05) is 33.9 Å². The minimum absolute atomic E-state index is 0.0255. The second kappa shape index (κ2) is 33.8. The zero-order chi connectivity index (χ0) is 55.6. The summed E-state index contributed by atoms with van der Waals surface area (Å²) in [6.45, 7) is 21.7. The molecule has 2 saturated carbocycles. The number of carboxylic acids is 2. The maximum atomic E-state index is 11.9.